The van der Waals surface area contributed by atoms with Crippen LogP contribution in [0.2, 0.25) is 5.02 Å². The van der Waals surface area contributed by atoms with E-state index < -0.39 is 0 Å². The maximum Gasteiger partial charge on any atom is 0.251 e. The van der Waals surface area contributed by atoms with Crippen LogP contribution >= 0.6 is 11.6 Å². The number of nitrogens with one attached hydrogen (secondary N) is 2. The monoisotopic (exact) mass is 266 g/mol. The SMILES string of the molecule is Cc1c(Cl)cccc1C(=O)NCC[C@@H]1CCCN1. The van der Waals surface area contributed by atoms with Crippen molar-refractivity contribution < 1.29 is 4.79 Å². The molecule has 1 aromatic carbocycles. The van der Waals surface area contributed by atoms with E-state index in [1.54, 1.807) is 6.07 Å². The summed E-state index contributed by atoms with van der Waals surface area (Å²) in [6.45, 7) is 3.68. The molecule has 0 unspecified atom stereocenters. The van der Waals surface area contributed by atoms with Gasteiger partial charge in [0.15, 0.2) is 0 Å². The van der Waals surface area contributed by atoms with Gasteiger partial charge in [-0.2, -0.15) is 0 Å². The van der Waals surface area contributed by atoms with Crippen LogP contribution in [0, 0.1) is 6.92 Å². The molecule has 1 atom stereocenters. The molecule has 4 heteroatoms. The van der Waals surface area contributed by atoms with Gasteiger partial charge in [0.1, 0.15) is 0 Å². The molecule has 1 fully saturated rings. The molecule has 0 aliphatic carbocycles. The summed E-state index contributed by atoms with van der Waals surface area (Å²) in [7, 11) is 0. The van der Waals surface area contributed by atoms with E-state index in [4.69, 9.17) is 11.6 Å². The fraction of sp³-hybridized carbons (Fsp3) is 0.500. The quantitative estimate of drug-likeness (QED) is 0.879. The van der Waals surface area contributed by atoms with Crippen molar-refractivity contribution in [2.45, 2.75) is 32.2 Å². The zero-order chi connectivity index (χ0) is 13.0. The van der Waals surface area contributed by atoms with Gasteiger partial charge < -0.3 is 10.6 Å². The van der Waals surface area contributed by atoms with Crippen LogP contribution in [0.15, 0.2) is 18.2 Å². The lowest BCUT2D eigenvalue weighted by Crippen LogP contribution is -2.30. The summed E-state index contributed by atoms with van der Waals surface area (Å²) in [5, 5.41) is 7.01. The Kier molecular flexibility index (Phi) is 4.61. The number of hydrogen-bond acceptors (Lipinski definition) is 2. The number of benzene rings is 1. The molecule has 2 N–H and O–H groups in total. The molecule has 0 bridgehead atoms. The fourth-order valence-electron chi connectivity index (χ4n) is 2.31. The highest BCUT2D eigenvalue weighted by molar-refractivity contribution is 6.31. The Morgan fingerprint density at radius 2 is 2.39 bits per heavy atom. The lowest BCUT2D eigenvalue weighted by molar-refractivity contribution is 0.0951. The third-order valence-corrected chi connectivity index (χ3v) is 3.86. The topological polar surface area (TPSA) is 41.1 Å². The van der Waals surface area contributed by atoms with Crippen molar-refractivity contribution in [2.75, 3.05) is 13.1 Å². The predicted molar refractivity (Wildman–Crippen MR) is 74.2 cm³/mol. The molecule has 0 saturated carbocycles. The maximum absolute atomic E-state index is 12.0. The number of rotatable bonds is 4. The van der Waals surface area contributed by atoms with E-state index in [-0.39, 0.29) is 5.91 Å². The minimum Gasteiger partial charge on any atom is -0.352 e. The number of carbonyl (C=O) groups is 1. The summed E-state index contributed by atoms with van der Waals surface area (Å²) in [6.07, 6.45) is 3.45. The largest absolute Gasteiger partial charge is 0.352 e. The molecule has 0 aromatic heterocycles. The van der Waals surface area contributed by atoms with Gasteiger partial charge in [-0.1, -0.05) is 17.7 Å². The van der Waals surface area contributed by atoms with Gasteiger partial charge in [-0.05, 0) is 50.4 Å². The lowest BCUT2D eigenvalue weighted by Gasteiger charge is -2.12. The Morgan fingerprint density at radius 3 is 3.11 bits per heavy atom. The van der Waals surface area contributed by atoms with Crippen molar-refractivity contribution in [3.8, 4) is 0 Å². The van der Waals surface area contributed by atoms with Crippen molar-refractivity contribution in [2.24, 2.45) is 0 Å². The second kappa shape index (κ2) is 6.21. The standard InChI is InChI=1S/C14H19ClN2O/c1-10-12(5-2-6-13(10)15)14(18)17-9-7-11-4-3-8-16-11/h2,5-6,11,16H,3-4,7-9H2,1H3,(H,17,18)/t11-/m0/s1. The van der Waals surface area contributed by atoms with Crippen LogP contribution in [0.5, 0.6) is 0 Å². The Bertz CT molecular complexity index is 428. The predicted octanol–water partition coefficient (Wildman–Crippen LogP) is 2.52. The van der Waals surface area contributed by atoms with Crippen LogP contribution in [0.25, 0.3) is 0 Å². The van der Waals surface area contributed by atoms with Gasteiger partial charge in [-0.25, -0.2) is 0 Å². The number of carbonyl (C=O) groups excluding carboxylic acids is 1. The normalized spacial score (nSPS) is 18.9. The minimum atomic E-state index is -0.0343. The third-order valence-electron chi connectivity index (χ3n) is 3.45. The van der Waals surface area contributed by atoms with Gasteiger partial charge in [-0.3, -0.25) is 4.79 Å². The van der Waals surface area contributed by atoms with E-state index in [1.165, 1.54) is 12.8 Å². The Balaban J connectivity index is 1.85. The highest BCUT2D eigenvalue weighted by Crippen LogP contribution is 2.18. The molecule has 1 saturated heterocycles. The molecule has 3 nitrogen and oxygen atoms in total. The summed E-state index contributed by atoms with van der Waals surface area (Å²) in [5.41, 5.74) is 1.51. The van der Waals surface area contributed by atoms with Crippen LogP contribution in [0.4, 0.5) is 0 Å². The van der Waals surface area contributed by atoms with Gasteiger partial charge in [0.05, 0.1) is 0 Å². The molecule has 1 aromatic rings. The van der Waals surface area contributed by atoms with Crippen LogP contribution in [0.3, 0.4) is 0 Å². The van der Waals surface area contributed by atoms with Gasteiger partial charge in [-0.15, -0.1) is 0 Å². The summed E-state index contributed by atoms with van der Waals surface area (Å²) in [4.78, 5) is 12.0. The van der Waals surface area contributed by atoms with Gasteiger partial charge in [0.25, 0.3) is 5.91 Å². The van der Waals surface area contributed by atoms with E-state index in [0.29, 0.717) is 23.2 Å². The summed E-state index contributed by atoms with van der Waals surface area (Å²) in [5.74, 6) is -0.0343. The van der Waals surface area contributed by atoms with Crippen LogP contribution in [0.1, 0.15) is 35.2 Å². The van der Waals surface area contributed by atoms with Crippen molar-refractivity contribution >= 4 is 17.5 Å². The molecule has 0 spiro atoms. The summed E-state index contributed by atoms with van der Waals surface area (Å²) < 4.78 is 0. The molecule has 1 heterocycles. The van der Waals surface area contributed by atoms with E-state index in [2.05, 4.69) is 10.6 Å². The molecule has 2 rings (SSSR count). The highest BCUT2D eigenvalue weighted by atomic mass is 35.5. The fourth-order valence-corrected chi connectivity index (χ4v) is 2.49. The van der Waals surface area contributed by atoms with Crippen molar-refractivity contribution in [1.29, 1.82) is 0 Å². The Morgan fingerprint density at radius 1 is 1.56 bits per heavy atom. The van der Waals surface area contributed by atoms with Crippen LogP contribution in [-0.2, 0) is 0 Å². The summed E-state index contributed by atoms with van der Waals surface area (Å²) >= 11 is 6.01. The summed E-state index contributed by atoms with van der Waals surface area (Å²) in [6, 6.07) is 5.98. The van der Waals surface area contributed by atoms with Crippen LogP contribution < -0.4 is 10.6 Å². The molecule has 1 aliphatic rings. The van der Waals surface area contributed by atoms with Crippen molar-refractivity contribution in [3.05, 3.63) is 34.3 Å². The van der Waals surface area contributed by atoms with Crippen molar-refractivity contribution in [1.82, 2.24) is 10.6 Å². The van der Waals surface area contributed by atoms with Gasteiger partial charge in [0, 0.05) is 23.2 Å². The van der Waals surface area contributed by atoms with E-state index in [9.17, 15) is 4.79 Å². The number of amides is 1. The van der Waals surface area contributed by atoms with E-state index in [0.717, 1.165) is 18.5 Å². The van der Waals surface area contributed by atoms with E-state index in [1.807, 2.05) is 19.1 Å². The molecule has 18 heavy (non-hydrogen) atoms. The number of hydrogen-bond donors (Lipinski definition) is 2. The van der Waals surface area contributed by atoms with Gasteiger partial charge >= 0.3 is 0 Å². The average molecular weight is 267 g/mol. The molecule has 98 valence electrons. The molecule has 1 amide bonds. The van der Waals surface area contributed by atoms with Crippen molar-refractivity contribution in [3.63, 3.8) is 0 Å². The molecule has 1 aliphatic heterocycles. The first-order chi connectivity index (χ1) is 8.68. The van der Waals surface area contributed by atoms with Gasteiger partial charge in [0.2, 0.25) is 0 Å². The third kappa shape index (κ3) is 3.24. The first-order valence-corrected chi connectivity index (χ1v) is 6.83. The smallest absolute Gasteiger partial charge is 0.251 e. The average Bonchev–Trinajstić information content (AvgIpc) is 2.85. The zero-order valence-corrected chi connectivity index (χ0v) is 11.4. The molecular weight excluding hydrogens is 248 g/mol. The number of halogens is 1. The minimum absolute atomic E-state index is 0.0343. The lowest BCUT2D eigenvalue weighted by atomic mass is 10.1. The van der Waals surface area contributed by atoms with E-state index >= 15 is 0 Å². The molecular formula is C14H19ClN2O. The first kappa shape index (κ1) is 13.4. The Labute approximate surface area is 113 Å². The maximum atomic E-state index is 12.0. The molecule has 0 radical (unpaired) electrons. The van der Waals surface area contributed by atoms with Crippen LogP contribution in [-0.4, -0.2) is 25.0 Å². The first-order valence-electron chi connectivity index (χ1n) is 6.45. The highest BCUT2D eigenvalue weighted by Gasteiger charge is 2.15. The zero-order valence-electron chi connectivity index (χ0n) is 10.6. The second-order valence-electron chi connectivity index (χ2n) is 4.75. The Hall–Kier alpha value is -1.06. The second-order valence-corrected chi connectivity index (χ2v) is 5.16.